The molecule has 0 saturated heterocycles. The Hall–Kier alpha value is -1.65. The highest BCUT2D eigenvalue weighted by molar-refractivity contribution is 5.75. The van der Waals surface area contributed by atoms with E-state index >= 15 is 0 Å². The molecular weight excluding hydrogens is 312 g/mol. The van der Waals surface area contributed by atoms with Gasteiger partial charge in [0.1, 0.15) is 0 Å². The van der Waals surface area contributed by atoms with E-state index in [4.69, 9.17) is 0 Å². The molecule has 0 spiro atoms. The van der Waals surface area contributed by atoms with E-state index in [1.165, 1.54) is 44.9 Å². The predicted molar refractivity (Wildman–Crippen MR) is 105 cm³/mol. The summed E-state index contributed by atoms with van der Waals surface area (Å²) in [6.07, 6.45) is 11.7. The molecule has 0 fully saturated rings. The predicted octanol–water partition coefficient (Wildman–Crippen LogP) is 4.54. The monoisotopic (exact) mass is 348 g/mol. The van der Waals surface area contributed by atoms with E-state index in [0.29, 0.717) is 18.9 Å². The van der Waals surface area contributed by atoms with Crippen molar-refractivity contribution in [3.8, 4) is 0 Å². The third kappa shape index (κ3) is 11.5. The smallest absolute Gasteiger partial charge is 0.223 e. The molecule has 5 heteroatoms. The van der Waals surface area contributed by atoms with E-state index in [1.807, 2.05) is 19.9 Å². The van der Waals surface area contributed by atoms with Crippen LogP contribution in [-0.4, -0.2) is 29.0 Å². The van der Waals surface area contributed by atoms with E-state index in [1.54, 1.807) is 0 Å². The van der Waals surface area contributed by atoms with Crippen LogP contribution in [-0.2, 0) is 4.79 Å². The lowest BCUT2D eigenvalue weighted by Crippen LogP contribution is -2.24. The number of rotatable bonds is 14. The van der Waals surface area contributed by atoms with E-state index in [2.05, 4.69) is 27.5 Å². The van der Waals surface area contributed by atoms with Gasteiger partial charge in [0.2, 0.25) is 11.9 Å². The van der Waals surface area contributed by atoms with Crippen LogP contribution >= 0.6 is 0 Å². The van der Waals surface area contributed by atoms with Gasteiger partial charge in [0.25, 0.3) is 0 Å². The highest BCUT2D eigenvalue weighted by Gasteiger charge is 2.02. The molecule has 1 amide bonds. The SMILES string of the molecule is CCCCCCCCCCNC(=O)CCCNc1nc(C)cc(C)n1. The Morgan fingerprint density at radius 2 is 1.48 bits per heavy atom. The molecule has 5 nitrogen and oxygen atoms in total. The van der Waals surface area contributed by atoms with Crippen molar-refractivity contribution in [2.24, 2.45) is 0 Å². The lowest BCUT2D eigenvalue weighted by Gasteiger charge is -2.07. The summed E-state index contributed by atoms with van der Waals surface area (Å²) in [5, 5.41) is 6.20. The molecule has 1 aromatic heterocycles. The molecule has 0 atom stereocenters. The van der Waals surface area contributed by atoms with Crippen molar-refractivity contribution in [1.29, 1.82) is 0 Å². The summed E-state index contributed by atoms with van der Waals surface area (Å²) < 4.78 is 0. The van der Waals surface area contributed by atoms with Gasteiger partial charge in [-0.1, -0.05) is 51.9 Å². The molecule has 0 unspecified atom stereocenters. The van der Waals surface area contributed by atoms with Crippen molar-refractivity contribution in [3.63, 3.8) is 0 Å². The van der Waals surface area contributed by atoms with Crippen LogP contribution in [0.1, 0.15) is 82.5 Å². The minimum absolute atomic E-state index is 0.145. The minimum Gasteiger partial charge on any atom is -0.356 e. The molecule has 25 heavy (non-hydrogen) atoms. The number of anilines is 1. The van der Waals surface area contributed by atoms with Crippen molar-refractivity contribution in [1.82, 2.24) is 15.3 Å². The lowest BCUT2D eigenvalue weighted by molar-refractivity contribution is -0.121. The van der Waals surface area contributed by atoms with Gasteiger partial charge in [-0.3, -0.25) is 4.79 Å². The summed E-state index contributed by atoms with van der Waals surface area (Å²) in [4.78, 5) is 20.5. The van der Waals surface area contributed by atoms with E-state index in [-0.39, 0.29) is 5.91 Å². The number of nitrogens with zero attached hydrogens (tertiary/aromatic N) is 2. The fourth-order valence-corrected chi connectivity index (χ4v) is 2.83. The largest absolute Gasteiger partial charge is 0.356 e. The van der Waals surface area contributed by atoms with Gasteiger partial charge in [0.05, 0.1) is 0 Å². The number of nitrogens with one attached hydrogen (secondary N) is 2. The lowest BCUT2D eigenvalue weighted by atomic mass is 10.1. The first-order valence-corrected chi connectivity index (χ1v) is 9.94. The normalized spacial score (nSPS) is 10.7. The summed E-state index contributed by atoms with van der Waals surface area (Å²) in [5.41, 5.74) is 1.91. The number of aryl methyl sites for hydroxylation is 2. The Morgan fingerprint density at radius 3 is 2.12 bits per heavy atom. The second-order valence-electron chi connectivity index (χ2n) is 6.83. The Labute approximate surface area is 153 Å². The third-order valence-corrected chi connectivity index (χ3v) is 4.20. The molecule has 1 heterocycles. The van der Waals surface area contributed by atoms with Crippen molar-refractivity contribution < 1.29 is 4.79 Å². The van der Waals surface area contributed by atoms with Gasteiger partial charge in [-0.05, 0) is 32.8 Å². The fourth-order valence-electron chi connectivity index (χ4n) is 2.83. The number of hydrogen-bond donors (Lipinski definition) is 2. The molecule has 1 rings (SSSR count). The molecule has 0 aliphatic carbocycles. The third-order valence-electron chi connectivity index (χ3n) is 4.20. The van der Waals surface area contributed by atoms with Crippen LogP contribution in [0.3, 0.4) is 0 Å². The molecule has 0 bridgehead atoms. The number of amides is 1. The minimum atomic E-state index is 0.145. The highest BCUT2D eigenvalue weighted by Crippen LogP contribution is 2.08. The average molecular weight is 349 g/mol. The topological polar surface area (TPSA) is 66.9 Å². The summed E-state index contributed by atoms with van der Waals surface area (Å²) in [5.74, 6) is 0.794. The number of carbonyl (C=O) groups excluding carboxylic acids is 1. The maximum absolute atomic E-state index is 11.8. The van der Waals surface area contributed by atoms with Gasteiger partial charge in [-0.25, -0.2) is 9.97 Å². The molecule has 0 aliphatic rings. The number of unbranched alkanes of at least 4 members (excludes halogenated alkanes) is 7. The van der Waals surface area contributed by atoms with Crippen LogP contribution in [0.4, 0.5) is 5.95 Å². The van der Waals surface area contributed by atoms with Gasteiger partial charge in [-0.15, -0.1) is 0 Å². The molecule has 2 N–H and O–H groups in total. The Kier molecular flexibility index (Phi) is 11.7. The summed E-state index contributed by atoms with van der Waals surface area (Å²) in [6, 6.07) is 1.95. The summed E-state index contributed by atoms with van der Waals surface area (Å²) in [6.45, 7) is 7.68. The summed E-state index contributed by atoms with van der Waals surface area (Å²) >= 11 is 0. The second kappa shape index (κ2) is 13.6. The summed E-state index contributed by atoms with van der Waals surface area (Å²) in [7, 11) is 0. The zero-order valence-corrected chi connectivity index (χ0v) is 16.4. The maximum Gasteiger partial charge on any atom is 0.223 e. The van der Waals surface area contributed by atoms with E-state index in [9.17, 15) is 4.79 Å². The molecule has 0 aliphatic heterocycles. The average Bonchev–Trinajstić information content (AvgIpc) is 2.56. The van der Waals surface area contributed by atoms with E-state index < -0.39 is 0 Å². The van der Waals surface area contributed by atoms with Gasteiger partial charge in [0.15, 0.2) is 0 Å². The van der Waals surface area contributed by atoms with Gasteiger partial charge < -0.3 is 10.6 Å². The van der Waals surface area contributed by atoms with Crippen LogP contribution in [0.15, 0.2) is 6.07 Å². The first-order chi connectivity index (χ1) is 12.1. The zero-order chi connectivity index (χ0) is 18.3. The Balaban J connectivity index is 1.95. The maximum atomic E-state index is 11.8. The van der Waals surface area contributed by atoms with Crippen molar-refractivity contribution in [2.45, 2.75) is 85.0 Å². The highest BCUT2D eigenvalue weighted by atomic mass is 16.1. The number of hydrogen-bond acceptors (Lipinski definition) is 4. The molecule has 0 saturated carbocycles. The molecule has 0 aromatic carbocycles. The molecule has 0 radical (unpaired) electrons. The van der Waals surface area contributed by atoms with Crippen LogP contribution in [0.25, 0.3) is 0 Å². The fraction of sp³-hybridized carbons (Fsp3) is 0.750. The van der Waals surface area contributed by atoms with E-state index in [0.717, 1.165) is 30.8 Å². The van der Waals surface area contributed by atoms with Crippen LogP contribution in [0.5, 0.6) is 0 Å². The first kappa shape index (κ1) is 21.4. The Bertz CT molecular complexity index is 470. The zero-order valence-electron chi connectivity index (χ0n) is 16.4. The van der Waals surface area contributed by atoms with Crippen molar-refractivity contribution in [3.05, 3.63) is 17.5 Å². The van der Waals surface area contributed by atoms with Gasteiger partial charge >= 0.3 is 0 Å². The molecule has 142 valence electrons. The molecule has 1 aromatic rings. The standard InChI is InChI=1S/C20H36N4O/c1-4-5-6-7-8-9-10-11-14-21-19(25)13-12-15-22-20-23-17(2)16-18(3)24-20/h16H,4-15H2,1-3H3,(H,21,25)(H,22,23,24). The Morgan fingerprint density at radius 1 is 0.880 bits per heavy atom. The van der Waals surface area contributed by atoms with Crippen molar-refractivity contribution >= 4 is 11.9 Å². The number of carbonyl (C=O) groups is 1. The quantitative estimate of drug-likeness (QED) is 0.484. The van der Waals surface area contributed by atoms with Crippen LogP contribution in [0.2, 0.25) is 0 Å². The molecular formula is C20H36N4O. The second-order valence-corrected chi connectivity index (χ2v) is 6.83. The van der Waals surface area contributed by atoms with Crippen LogP contribution in [0, 0.1) is 13.8 Å². The number of aromatic nitrogens is 2. The van der Waals surface area contributed by atoms with Crippen LogP contribution < -0.4 is 10.6 Å². The van der Waals surface area contributed by atoms with Gasteiger partial charge in [0, 0.05) is 30.9 Å². The first-order valence-electron chi connectivity index (χ1n) is 9.94. The van der Waals surface area contributed by atoms with Gasteiger partial charge in [-0.2, -0.15) is 0 Å². The van der Waals surface area contributed by atoms with Crippen molar-refractivity contribution in [2.75, 3.05) is 18.4 Å².